The zero-order chi connectivity index (χ0) is 20.0. The summed E-state index contributed by atoms with van der Waals surface area (Å²) in [4.78, 5) is 26.7. The van der Waals surface area contributed by atoms with Crippen molar-refractivity contribution in [3.8, 4) is 0 Å². The van der Waals surface area contributed by atoms with Crippen molar-refractivity contribution in [2.24, 2.45) is 4.99 Å². The fraction of sp³-hybridized carbons (Fsp3) is 0.217. The molecule has 1 N–H and O–H groups in total. The quantitative estimate of drug-likeness (QED) is 0.459. The van der Waals surface area contributed by atoms with Gasteiger partial charge in [0.05, 0.1) is 6.61 Å². The maximum Gasteiger partial charge on any atom is 0.360 e. The molecule has 3 aromatic rings. The summed E-state index contributed by atoms with van der Waals surface area (Å²) in [6.07, 6.45) is 1.40. The first-order valence-corrected chi connectivity index (χ1v) is 9.04. The van der Waals surface area contributed by atoms with E-state index in [0.717, 1.165) is 21.9 Å². The van der Waals surface area contributed by atoms with Crippen LogP contribution in [0.25, 0.3) is 10.8 Å². The van der Waals surface area contributed by atoms with Crippen LogP contribution in [-0.2, 0) is 20.9 Å². The highest BCUT2D eigenvalue weighted by Crippen LogP contribution is 2.34. The number of carbonyl (C=O) groups excluding carboxylic acids is 1. The molecule has 0 fully saturated rings. The Morgan fingerprint density at radius 1 is 1.07 bits per heavy atom. The van der Waals surface area contributed by atoms with Crippen molar-refractivity contribution in [3.05, 3.63) is 83.9 Å². The lowest BCUT2D eigenvalue weighted by atomic mass is 9.88. The third-order valence-corrected chi connectivity index (χ3v) is 4.82. The number of carbonyl (C=O) groups is 1. The predicted molar refractivity (Wildman–Crippen MR) is 107 cm³/mol. The first kappa shape index (κ1) is 19.5. The molecule has 2 atom stereocenters. The zero-order valence-electron chi connectivity index (χ0n) is 15.5. The van der Waals surface area contributed by atoms with Crippen molar-refractivity contribution < 1.29 is 19.4 Å². The van der Waals surface area contributed by atoms with Crippen LogP contribution < -0.4 is 0 Å². The number of fused-ring (bicyclic) bond motifs is 1. The van der Waals surface area contributed by atoms with Crippen molar-refractivity contribution in [1.82, 2.24) is 0 Å². The Morgan fingerprint density at radius 2 is 1.75 bits per heavy atom. The normalized spacial score (nSPS) is 14.0. The van der Waals surface area contributed by atoms with Crippen LogP contribution in [0.2, 0.25) is 0 Å². The van der Waals surface area contributed by atoms with Crippen LogP contribution in [0.4, 0.5) is 0 Å². The van der Waals surface area contributed by atoms with Crippen LogP contribution in [0.3, 0.4) is 0 Å². The van der Waals surface area contributed by atoms with E-state index in [2.05, 4.69) is 4.99 Å². The minimum Gasteiger partial charge on any atom is -0.478 e. The third-order valence-electron chi connectivity index (χ3n) is 4.82. The fourth-order valence-electron chi connectivity index (χ4n) is 3.39. The molecule has 0 aromatic heterocycles. The lowest BCUT2D eigenvalue weighted by molar-refractivity contribution is -0.168. The van der Waals surface area contributed by atoms with E-state index in [-0.39, 0.29) is 18.9 Å². The number of rotatable bonds is 8. The Bertz CT molecular complexity index is 1000. The number of carboxylic acid groups (broad SMARTS) is 1. The number of isocyanates is 1. The molecule has 0 heterocycles. The van der Waals surface area contributed by atoms with Crippen molar-refractivity contribution in [1.29, 1.82) is 0 Å². The average molecular weight is 375 g/mol. The van der Waals surface area contributed by atoms with Crippen LogP contribution in [0.1, 0.15) is 30.4 Å². The number of nitrogens with zero attached hydrogens (tertiary/aromatic N) is 1. The lowest BCUT2D eigenvalue weighted by Gasteiger charge is -2.27. The van der Waals surface area contributed by atoms with Gasteiger partial charge in [-0.3, -0.25) is 0 Å². The highest BCUT2D eigenvalue weighted by molar-refractivity contribution is 5.86. The molecule has 3 aromatic carbocycles. The minimum atomic E-state index is -1.99. The monoisotopic (exact) mass is 375 g/mol. The Labute approximate surface area is 163 Å². The van der Waals surface area contributed by atoms with Gasteiger partial charge in [-0.1, -0.05) is 79.7 Å². The second-order valence-electron chi connectivity index (χ2n) is 6.74. The molecular formula is C23H21NO4. The van der Waals surface area contributed by atoms with E-state index in [9.17, 15) is 14.7 Å². The number of benzene rings is 3. The summed E-state index contributed by atoms with van der Waals surface area (Å²) in [6.45, 7) is 1.94. The lowest BCUT2D eigenvalue weighted by Crippen LogP contribution is -2.41. The maximum atomic E-state index is 12.1. The first-order chi connectivity index (χ1) is 13.6. The smallest absolute Gasteiger partial charge is 0.360 e. The largest absolute Gasteiger partial charge is 0.478 e. The van der Waals surface area contributed by atoms with Gasteiger partial charge in [0.1, 0.15) is 0 Å². The summed E-state index contributed by atoms with van der Waals surface area (Å²) in [6, 6.07) is 23.0. The number of hydrogen-bond acceptors (Lipinski definition) is 4. The molecule has 0 radical (unpaired) electrons. The van der Waals surface area contributed by atoms with E-state index in [0.29, 0.717) is 0 Å². The van der Waals surface area contributed by atoms with E-state index < -0.39 is 11.7 Å². The highest BCUT2D eigenvalue weighted by atomic mass is 16.5. The molecule has 0 aliphatic carbocycles. The van der Waals surface area contributed by atoms with Gasteiger partial charge in [0.25, 0.3) is 5.72 Å². The topological polar surface area (TPSA) is 76.0 Å². The van der Waals surface area contributed by atoms with Gasteiger partial charge in [0, 0.05) is 6.42 Å². The summed E-state index contributed by atoms with van der Waals surface area (Å²) in [7, 11) is 0. The number of aliphatic imine (C=N–C) groups is 1. The molecule has 28 heavy (non-hydrogen) atoms. The third kappa shape index (κ3) is 4.17. The molecular weight excluding hydrogens is 354 g/mol. The van der Waals surface area contributed by atoms with Gasteiger partial charge >= 0.3 is 5.97 Å². The number of aliphatic carboxylic acids is 1. The van der Waals surface area contributed by atoms with Gasteiger partial charge in [-0.25, -0.2) is 9.59 Å². The summed E-state index contributed by atoms with van der Waals surface area (Å²) in [5.41, 5.74) is -0.214. The standard InChI is InChI=1S/C23H21NO4/c1-17(20-13-7-11-19-10-5-6-12-21(19)20)14-23(22(26)27,24-16-25)28-15-18-8-3-2-4-9-18/h2-13,17H,14-15H2,1H3,(H,26,27). The van der Waals surface area contributed by atoms with E-state index in [1.165, 1.54) is 6.08 Å². The maximum absolute atomic E-state index is 12.1. The van der Waals surface area contributed by atoms with Gasteiger partial charge in [-0.05, 0) is 27.8 Å². The second-order valence-corrected chi connectivity index (χ2v) is 6.74. The number of hydrogen-bond donors (Lipinski definition) is 1. The van der Waals surface area contributed by atoms with Gasteiger partial charge in [-0.15, -0.1) is 0 Å². The van der Waals surface area contributed by atoms with Gasteiger partial charge < -0.3 is 9.84 Å². The van der Waals surface area contributed by atoms with Crippen molar-refractivity contribution in [2.75, 3.05) is 0 Å². The first-order valence-electron chi connectivity index (χ1n) is 9.04. The Kier molecular flexibility index (Phi) is 5.99. The summed E-state index contributed by atoms with van der Waals surface area (Å²) in [5.74, 6) is -1.52. The summed E-state index contributed by atoms with van der Waals surface area (Å²) >= 11 is 0. The average Bonchev–Trinajstić information content (AvgIpc) is 2.72. The molecule has 0 spiro atoms. The summed E-state index contributed by atoms with van der Waals surface area (Å²) in [5, 5.41) is 11.9. The van der Waals surface area contributed by atoms with Crippen LogP contribution in [0, 0.1) is 0 Å². The molecule has 0 aliphatic heterocycles. The van der Waals surface area contributed by atoms with Gasteiger partial charge in [0.2, 0.25) is 6.08 Å². The van der Waals surface area contributed by atoms with Gasteiger partial charge in [-0.2, -0.15) is 4.99 Å². The molecule has 0 aliphatic rings. The van der Waals surface area contributed by atoms with E-state index in [4.69, 9.17) is 4.74 Å². The number of carboxylic acids is 1. The fourth-order valence-corrected chi connectivity index (χ4v) is 3.39. The molecule has 142 valence electrons. The molecule has 5 heteroatoms. The van der Waals surface area contributed by atoms with Crippen molar-refractivity contribution >= 4 is 22.8 Å². The second kappa shape index (κ2) is 8.61. The van der Waals surface area contributed by atoms with Gasteiger partial charge in [0.15, 0.2) is 0 Å². The number of ether oxygens (including phenoxy) is 1. The van der Waals surface area contributed by atoms with E-state index in [1.54, 1.807) is 0 Å². The molecule has 5 nitrogen and oxygen atoms in total. The Balaban J connectivity index is 1.92. The van der Waals surface area contributed by atoms with Crippen LogP contribution >= 0.6 is 0 Å². The predicted octanol–water partition coefficient (Wildman–Crippen LogP) is 4.67. The molecule has 2 unspecified atom stereocenters. The Hall–Kier alpha value is -3.27. The van der Waals surface area contributed by atoms with Crippen LogP contribution in [-0.4, -0.2) is 22.9 Å². The molecule has 0 saturated carbocycles. The molecule has 0 bridgehead atoms. The van der Waals surface area contributed by atoms with Crippen molar-refractivity contribution in [3.63, 3.8) is 0 Å². The molecule has 0 saturated heterocycles. The zero-order valence-corrected chi connectivity index (χ0v) is 15.5. The molecule has 0 amide bonds. The van der Waals surface area contributed by atoms with Crippen LogP contribution in [0.15, 0.2) is 77.8 Å². The van der Waals surface area contributed by atoms with E-state index in [1.807, 2.05) is 79.7 Å². The molecule has 3 rings (SSSR count). The van der Waals surface area contributed by atoms with Crippen LogP contribution in [0.5, 0.6) is 0 Å². The SMILES string of the molecule is CC(CC(N=C=O)(OCc1ccccc1)C(=O)O)c1cccc2ccccc12. The van der Waals surface area contributed by atoms with Crippen molar-refractivity contribution in [2.45, 2.75) is 31.6 Å². The van der Waals surface area contributed by atoms with E-state index >= 15 is 0 Å². The minimum absolute atomic E-state index is 0.0123. The summed E-state index contributed by atoms with van der Waals surface area (Å²) < 4.78 is 5.69. The highest BCUT2D eigenvalue weighted by Gasteiger charge is 2.42. The Morgan fingerprint density at radius 3 is 2.46 bits per heavy atom.